The smallest absolute Gasteiger partial charge is 0.256 e. The SMILES string of the molecule is COc1cc(NC(=O)CCCCCCN)c(C(=O)N2CCCCC2)cc1OC. The number of ether oxygens (including phenoxy) is 2. The van der Waals surface area contributed by atoms with Gasteiger partial charge in [0.2, 0.25) is 5.91 Å². The van der Waals surface area contributed by atoms with E-state index in [0.29, 0.717) is 35.7 Å². The Kier molecular flexibility index (Phi) is 9.07. The van der Waals surface area contributed by atoms with E-state index in [-0.39, 0.29) is 11.8 Å². The van der Waals surface area contributed by atoms with Gasteiger partial charge in [-0.15, -0.1) is 0 Å². The van der Waals surface area contributed by atoms with Gasteiger partial charge in [-0.1, -0.05) is 12.8 Å². The topological polar surface area (TPSA) is 93.9 Å². The molecule has 0 bridgehead atoms. The number of amides is 2. The van der Waals surface area contributed by atoms with E-state index < -0.39 is 0 Å². The van der Waals surface area contributed by atoms with Crippen LogP contribution in [-0.2, 0) is 4.79 Å². The van der Waals surface area contributed by atoms with E-state index in [4.69, 9.17) is 15.2 Å². The molecule has 1 fully saturated rings. The lowest BCUT2D eigenvalue weighted by Crippen LogP contribution is -2.36. The molecule has 0 aromatic heterocycles. The van der Waals surface area contributed by atoms with E-state index in [9.17, 15) is 9.59 Å². The van der Waals surface area contributed by atoms with Crippen molar-refractivity contribution in [2.45, 2.75) is 51.4 Å². The number of nitrogens with zero attached hydrogens (tertiary/aromatic N) is 1. The highest BCUT2D eigenvalue weighted by atomic mass is 16.5. The maximum absolute atomic E-state index is 13.1. The molecule has 0 atom stereocenters. The molecule has 7 nitrogen and oxygen atoms in total. The third-order valence-corrected chi connectivity index (χ3v) is 5.03. The first kappa shape index (κ1) is 22.0. The predicted molar refractivity (Wildman–Crippen MR) is 110 cm³/mol. The Labute approximate surface area is 167 Å². The zero-order chi connectivity index (χ0) is 20.4. The maximum atomic E-state index is 13.1. The quantitative estimate of drug-likeness (QED) is 0.598. The zero-order valence-electron chi connectivity index (χ0n) is 17.1. The lowest BCUT2D eigenvalue weighted by Gasteiger charge is -2.28. The number of benzene rings is 1. The molecule has 0 radical (unpaired) electrons. The second kappa shape index (κ2) is 11.5. The minimum Gasteiger partial charge on any atom is -0.493 e. The second-order valence-electron chi connectivity index (χ2n) is 7.11. The van der Waals surface area contributed by atoms with Crippen molar-refractivity contribution in [3.05, 3.63) is 17.7 Å². The van der Waals surface area contributed by atoms with Crippen molar-refractivity contribution in [2.24, 2.45) is 5.73 Å². The number of carbonyl (C=O) groups is 2. The summed E-state index contributed by atoms with van der Waals surface area (Å²) in [5.74, 6) is 0.769. The number of carbonyl (C=O) groups excluding carboxylic acids is 2. The van der Waals surface area contributed by atoms with Gasteiger partial charge in [-0.2, -0.15) is 0 Å². The minimum atomic E-state index is -0.104. The van der Waals surface area contributed by atoms with Crippen LogP contribution in [-0.4, -0.2) is 50.6 Å². The molecule has 0 saturated carbocycles. The van der Waals surface area contributed by atoms with Gasteiger partial charge in [-0.05, 0) is 44.7 Å². The molecule has 0 unspecified atom stereocenters. The molecular weight excluding hydrogens is 358 g/mol. The van der Waals surface area contributed by atoms with Gasteiger partial charge in [0.25, 0.3) is 5.91 Å². The number of rotatable bonds is 10. The molecule has 156 valence electrons. The van der Waals surface area contributed by atoms with Crippen molar-refractivity contribution in [1.29, 1.82) is 0 Å². The lowest BCUT2D eigenvalue weighted by molar-refractivity contribution is -0.116. The molecule has 1 aliphatic rings. The van der Waals surface area contributed by atoms with Crippen LogP contribution in [0.3, 0.4) is 0 Å². The summed E-state index contributed by atoms with van der Waals surface area (Å²) < 4.78 is 10.7. The highest BCUT2D eigenvalue weighted by molar-refractivity contribution is 6.04. The van der Waals surface area contributed by atoms with Crippen LogP contribution < -0.4 is 20.5 Å². The minimum absolute atomic E-state index is 0.0844. The maximum Gasteiger partial charge on any atom is 0.256 e. The molecule has 1 saturated heterocycles. The molecular formula is C21H33N3O4. The summed E-state index contributed by atoms with van der Waals surface area (Å²) >= 11 is 0. The molecule has 7 heteroatoms. The normalized spacial score (nSPS) is 13.9. The fourth-order valence-electron chi connectivity index (χ4n) is 3.42. The Morgan fingerprint density at radius 1 is 1.00 bits per heavy atom. The average molecular weight is 392 g/mol. The van der Waals surface area contributed by atoms with Crippen LogP contribution in [0, 0.1) is 0 Å². The summed E-state index contributed by atoms with van der Waals surface area (Å²) in [5.41, 5.74) is 6.41. The average Bonchev–Trinajstić information content (AvgIpc) is 2.73. The molecule has 1 heterocycles. The van der Waals surface area contributed by atoms with Gasteiger partial charge >= 0.3 is 0 Å². The highest BCUT2D eigenvalue weighted by Gasteiger charge is 2.24. The highest BCUT2D eigenvalue weighted by Crippen LogP contribution is 2.34. The molecule has 3 N–H and O–H groups in total. The number of methoxy groups -OCH3 is 2. The molecule has 1 aliphatic heterocycles. The lowest BCUT2D eigenvalue weighted by atomic mass is 10.1. The summed E-state index contributed by atoms with van der Waals surface area (Å²) in [7, 11) is 3.07. The van der Waals surface area contributed by atoms with E-state index >= 15 is 0 Å². The zero-order valence-corrected chi connectivity index (χ0v) is 17.1. The van der Waals surface area contributed by atoms with Crippen LogP contribution >= 0.6 is 0 Å². The van der Waals surface area contributed by atoms with E-state index in [1.807, 2.05) is 4.90 Å². The largest absolute Gasteiger partial charge is 0.493 e. The molecule has 2 amide bonds. The van der Waals surface area contributed by atoms with Crippen molar-refractivity contribution < 1.29 is 19.1 Å². The van der Waals surface area contributed by atoms with Gasteiger partial charge in [0, 0.05) is 25.6 Å². The fraction of sp³-hybridized carbons (Fsp3) is 0.619. The predicted octanol–water partition coefficient (Wildman–Crippen LogP) is 3.18. The monoisotopic (exact) mass is 391 g/mol. The first-order valence-electron chi connectivity index (χ1n) is 10.2. The Morgan fingerprint density at radius 2 is 1.64 bits per heavy atom. The van der Waals surface area contributed by atoms with Crippen molar-refractivity contribution in [3.63, 3.8) is 0 Å². The number of unbranched alkanes of at least 4 members (excludes halogenated alkanes) is 3. The van der Waals surface area contributed by atoms with Gasteiger partial charge in [0.1, 0.15) is 0 Å². The summed E-state index contributed by atoms with van der Waals surface area (Å²) in [6.07, 6.45) is 7.34. The van der Waals surface area contributed by atoms with Crippen LogP contribution in [0.25, 0.3) is 0 Å². The van der Waals surface area contributed by atoms with Crippen LogP contribution in [0.4, 0.5) is 5.69 Å². The Morgan fingerprint density at radius 3 is 2.29 bits per heavy atom. The van der Waals surface area contributed by atoms with Gasteiger partial charge in [0.05, 0.1) is 25.5 Å². The first-order chi connectivity index (χ1) is 13.6. The number of nitrogens with two attached hydrogens (primary N) is 1. The third-order valence-electron chi connectivity index (χ3n) is 5.03. The number of anilines is 1. The van der Waals surface area contributed by atoms with Crippen LogP contribution in [0.2, 0.25) is 0 Å². The number of likely N-dealkylation sites (tertiary alicyclic amines) is 1. The third kappa shape index (κ3) is 6.12. The number of nitrogens with one attached hydrogen (secondary N) is 1. The van der Waals surface area contributed by atoms with Crippen molar-refractivity contribution >= 4 is 17.5 Å². The Bertz CT molecular complexity index is 657. The standard InChI is InChI=1S/C21H33N3O4/c1-27-18-14-16(21(26)24-12-8-5-9-13-24)17(15-19(18)28-2)23-20(25)10-6-3-4-7-11-22/h14-15H,3-13,22H2,1-2H3,(H,23,25). The number of hydrogen-bond donors (Lipinski definition) is 2. The van der Waals surface area contributed by atoms with Crippen molar-refractivity contribution in [3.8, 4) is 11.5 Å². The fourth-order valence-corrected chi connectivity index (χ4v) is 3.42. The second-order valence-corrected chi connectivity index (χ2v) is 7.11. The van der Waals surface area contributed by atoms with Gasteiger partial charge in [0.15, 0.2) is 11.5 Å². The summed E-state index contributed by atoms with van der Waals surface area (Å²) in [6.45, 7) is 2.16. The number of piperidine rings is 1. The molecule has 1 aromatic rings. The van der Waals surface area contributed by atoms with Crippen LogP contribution in [0.15, 0.2) is 12.1 Å². The summed E-state index contributed by atoms with van der Waals surface area (Å²) in [5, 5.41) is 2.90. The number of hydrogen-bond acceptors (Lipinski definition) is 5. The molecule has 0 spiro atoms. The van der Waals surface area contributed by atoms with Crippen LogP contribution in [0.1, 0.15) is 61.7 Å². The Balaban J connectivity index is 2.15. The van der Waals surface area contributed by atoms with Gasteiger partial charge < -0.3 is 25.4 Å². The van der Waals surface area contributed by atoms with Crippen LogP contribution in [0.5, 0.6) is 11.5 Å². The molecule has 28 heavy (non-hydrogen) atoms. The van der Waals surface area contributed by atoms with Crippen molar-refractivity contribution in [1.82, 2.24) is 4.90 Å². The van der Waals surface area contributed by atoms with Gasteiger partial charge in [-0.25, -0.2) is 0 Å². The molecule has 1 aromatic carbocycles. The Hall–Kier alpha value is -2.28. The van der Waals surface area contributed by atoms with E-state index in [1.54, 1.807) is 12.1 Å². The first-order valence-corrected chi connectivity index (χ1v) is 10.2. The van der Waals surface area contributed by atoms with Gasteiger partial charge in [-0.3, -0.25) is 9.59 Å². The summed E-state index contributed by atoms with van der Waals surface area (Å²) in [4.78, 5) is 27.3. The molecule has 2 rings (SSSR count). The molecule has 0 aliphatic carbocycles. The van der Waals surface area contributed by atoms with E-state index in [0.717, 1.165) is 58.0 Å². The van der Waals surface area contributed by atoms with E-state index in [2.05, 4.69) is 5.32 Å². The van der Waals surface area contributed by atoms with Crippen molar-refractivity contribution in [2.75, 3.05) is 39.2 Å². The van der Waals surface area contributed by atoms with E-state index in [1.165, 1.54) is 14.2 Å². The summed E-state index contributed by atoms with van der Waals surface area (Å²) in [6, 6.07) is 3.33.